The van der Waals surface area contributed by atoms with Crippen LogP contribution in [0, 0.1) is 0 Å². The fourth-order valence-electron chi connectivity index (χ4n) is 1.21. The van der Waals surface area contributed by atoms with E-state index in [2.05, 4.69) is 0 Å². The maximum Gasteiger partial charge on any atom is 0.371 e. The van der Waals surface area contributed by atoms with Crippen molar-refractivity contribution >= 4 is 11.9 Å². The standard InChI is InChI=1S/C9H11NO4/c1-5-3-7(11)10(2)4-6(5)8(12)9(13)14/h3,12H,4H2,1-2H3,(H,13,14). The summed E-state index contributed by atoms with van der Waals surface area (Å²) in [6, 6.07) is 0. The molecule has 5 heteroatoms. The summed E-state index contributed by atoms with van der Waals surface area (Å²) in [7, 11) is 1.54. The number of likely N-dealkylation sites (N-methyl/N-ethyl adjacent to an activating group) is 1. The van der Waals surface area contributed by atoms with Crippen molar-refractivity contribution in [3.05, 3.63) is 23.0 Å². The Labute approximate surface area is 80.9 Å². The first-order chi connectivity index (χ1) is 6.43. The maximum atomic E-state index is 11.1. The molecule has 0 saturated carbocycles. The topological polar surface area (TPSA) is 77.8 Å². The van der Waals surface area contributed by atoms with E-state index in [-0.39, 0.29) is 18.0 Å². The van der Waals surface area contributed by atoms with Gasteiger partial charge in [-0.25, -0.2) is 4.79 Å². The number of aliphatic hydroxyl groups is 1. The Hall–Kier alpha value is -1.78. The monoisotopic (exact) mass is 197 g/mol. The highest BCUT2D eigenvalue weighted by Crippen LogP contribution is 2.19. The van der Waals surface area contributed by atoms with Crippen LogP contribution in [0.4, 0.5) is 0 Å². The number of amides is 1. The summed E-state index contributed by atoms with van der Waals surface area (Å²) in [5.41, 5.74) is 0.771. The molecule has 0 saturated heterocycles. The predicted molar refractivity (Wildman–Crippen MR) is 48.7 cm³/mol. The van der Waals surface area contributed by atoms with E-state index < -0.39 is 11.7 Å². The molecule has 0 aromatic carbocycles. The van der Waals surface area contributed by atoms with Crippen LogP contribution in [-0.2, 0) is 9.59 Å². The largest absolute Gasteiger partial charge is 0.502 e. The average Bonchev–Trinajstić information content (AvgIpc) is 2.10. The van der Waals surface area contributed by atoms with Crippen LogP contribution in [0.5, 0.6) is 0 Å². The molecule has 14 heavy (non-hydrogen) atoms. The molecule has 0 aromatic rings. The Kier molecular flexibility index (Phi) is 2.60. The number of hydrogen-bond acceptors (Lipinski definition) is 3. The van der Waals surface area contributed by atoms with Gasteiger partial charge >= 0.3 is 5.97 Å². The van der Waals surface area contributed by atoms with Gasteiger partial charge in [0.25, 0.3) is 0 Å². The predicted octanol–water partition coefficient (Wildman–Crippen LogP) is 0.301. The highest BCUT2D eigenvalue weighted by Gasteiger charge is 2.22. The van der Waals surface area contributed by atoms with Crippen molar-refractivity contribution in [2.24, 2.45) is 0 Å². The second-order valence-electron chi connectivity index (χ2n) is 3.15. The molecule has 0 unspecified atom stereocenters. The smallest absolute Gasteiger partial charge is 0.371 e. The van der Waals surface area contributed by atoms with Gasteiger partial charge in [-0.2, -0.15) is 0 Å². The molecule has 0 spiro atoms. The molecule has 1 amide bonds. The number of aliphatic carboxylic acids is 1. The Morgan fingerprint density at radius 3 is 2.57 bits per heavy atom. The van der Waals surface area contributed by atoms with E-state index in [1.165, 1.54) is 11.0 Å². The molecule has 1 rings (SSSR count). The molecule has 1 aliphatic heterocycles. The lowest BCUT2D eigenvalue weighted by molar-refractivity contribution is -0.135. The van der Waals surface area contributed by atoms with Crippen molar-refractivity contribution in [3.8, 4) is 0 Å². The van der Waals surface area contributed by atoms with Crippen LogP contribution in [0.1, 0.15) is 6.92 Å². The normalized spacial score (nSPS) is 20.6. The lowest BCUT2D eigenvalue weighted by atomic mass is 10.0. The lowest BCUT2D eigenvalue weighted by Crippen LogP contribution is -2.32. The minimum Gasteiger partial charge on any atom is -0.502 e. The first kappa shape index (κ1) is 10.3. The Morgan fingerprint density at radius 1 is 1.50 bits per heavy atom. The van der Waals surface area contributed by atoms with Gasteiger partial charge in [-0.1, -0.05) is 0 Å². The summed E-state index contributed by atoms with van der Waals surface area (Å²) in [4.78, 5) is 23.0. The highest BCUT2D eigenvalue weighted by atomic mass is 16.4. The summed E-state index contributed by atoms with van der Waals surface area (Å²) in [6.07, 6.45) is 1.30. The first-order valence-electron chi connectivity index (χ1n) is 4.02. The van der Waals surface area contributed by atoms with Crippen molar-refractivity contribution in [1.82, 2.24) is 4.90 Å². The van der Waals surface area contributed by atoms with Crippen molar-refractivity contribution in [2.45, 2.75) is 6.92 Å². The summed E-state index contributed by atoms with van der Waals surface area (Å²) in [5.74, 6) is -2.27. The molecule has 5 nitrogen and oxygen atoms in total. The van der Waals surface area contributed by atoms with Gasteiger partial charge in [0, 0.05) is 25.2 Å². The fourth-order valence-corrected chi connectivity index (χ4v) is 1.21. The molecule has 1 aliphatic rings. The number of rotatable bonds is 1. The highest BCUT2D eigenvalue weighted by molar-refractivity contribution is 5.93. The zero-order valence-electron chi connectivity index (χ0n) is 7.94. The molecule has 0 radical (unpaired) electrons. The molecule has 0 aromatic heterocycles. The average molecular weight is 197 g/mol. The number of nitrogens with zero attached hydrogens (tertiary/aromatic N) is 1. The SMILES string of the molecule is CC1=CC(=O)N(C)CC1=C(O)C(=O)O. The van der Waals surface area contributed by atoms with Gasteiger partial charge in [0.05, 0.1) is 0 Å². The molecule has 0 atom stereocenters. The van der Waals surface area contributed by atoms with Gasteiger partial charge < -0.3 is 15.1 Å². The quantitative estimate of drug-likeness (QED) is 0.468. The second-order valence-corrected chi connectivity index (χ2v) is 3.15. The Balaban J connectivity index is 3.15. The summed E-state index contributed by atoms with van der Waals surface area (Å²) < 4.78 is 0. The number of carboxylic acids is 1. The van der Waals surface area contributed by atoms with E-state index in [0.717, 1.165) is 0 Å². The van der Waals surface area contributed by atoms with Gasteiger partial charge in [0.1, 0.15) is 0 Å². The van der Waals surface area contributed by atoms with Crippen LogP contribution < -0.4 is 0 Å². The van der Waals surface area contributed by atoms with E-state index in [1.807, 2.05) is 0 Å². The molecule has 1 heterocycles. The van der Waals surface area contributed by atoms with Gasteiger partial charge in [0.2, 0.25) is 11.7 Å². The maximum absolute atomic E-state index is 11.1. The Morgan fingerprint density at radius 2 is 2.07 bits per heavy atom. The first-order valence-corrected chi connectivity index (χ1v) is 4.02. The van der Waals surface area contributed by atoms with Crippen LogP contribution >= 0.6 is 0 Å². The van der Waals surface area contributed by atoms with Crippen molar-refractivity contribution < 1.29 is 19.8 Å². The third-order valence-electron chi connectivity index (χ3n) is 2.08. The van der Waals surface area contributed by atoms with Crippen LogP contribution in [0.2, 0.25) is 0 Å². The van der Waals surface area contributed by atoms with Gasteiger partial charge in [0.15, 0.2) is 0 Å². The van der Waals surface area contributed by atoms with Gasteiger partial charge in [-0.05, 0) is 12.5 Å². The zero-order chi connectivity index (χ0) is 10.9. The summed E-state index contributed by atoms with van der Waals surface area (Å²) in [5, 5.41) is 17.8. The number of carbonyl (C=O) groups excluding carboxylic acids is 1. The summed E-state index contributed by atoms with van der Waals surface area (Å²) in [6.45, 7) is 1.72. The summed E-state index contributed by atoms with van der Waals surface area (Å²) >= 11 is 0. The van der Waals surface area contributed by atoms with Gasteiger partial charge in [-0.3, -0.25) is 4.79 Å². The molecule has 0 fully saturated rings. The minimum atomic E-state index is -1.38. The lowest BCUT2D eigenvalue weighted by Gasteiger charge is -2.23. The van der Waals surface area contributed by atoms with Crippen LogP contribution in [0.25, 0.3) is 0 Å². The van der Waals surface area contributed by atoms with Crippen molar-refractivity contribution in [3.63, 3.8) is 0 Å². The van der Waals surface area contributed by atoms with E-state index in [0.29, 0.717) is 5.57 Å². The third kappa shape index (κ3) is 1.76. The van der Waals surface area contributed by atoms with Crippen molar-refractivity contribution in [1.29, 1.82) is 0 Å². The third-order valence-corrected chi connectivity index (χ3v) is 2.08. The van der Waals surface area contributed by atoms with Crippen molar-refractivity contribution in [2.75, 3.05) is 13.6 Å². The van der Waals surface area contributed by atoms with Gasteiger partial charge in [-0.15, -0.1) is 0 Å². The Bertz CT molecular complexity index is 354. The molecule has 0 bridgehead atoms. The number of aliphatic hydroxyl groups excluding tert-OH is 1. The van der Waals surface area contributed by atoms with E-state index >= 15 is 0 Å². The van der Waals surface area contributed by atoms with Crippen LogP contribution in [0.3, 0.4) is 0 Å². The molecular weight excluding hydrogens is 186 g/mol. The number of carboxylic acid groups (broad SMARTS) is 1. The minimum absolute atomic E-state index is 0.124. The zero-order valence-corrected chi connectivity index (χ0v) is 7.94. The van der Waals surface area contributed by atoms with E-state index in [1.54, 1.807) is 14.0 Å². The molecular formula is C9H11NO4. The van der Waals surface area contributed by atoms with E-state index in [4.69, 9.17) is 5.11 Å². The number of hydrogen-bond donors (Lipinski definition) is 2. The second kappa shape index (κ2) is 3.53. The molecule has 76 valence electrons. The van der Waals surface area contributed by atoms with Crippen LogP contribution in [-0.4, -0.2) is 40.6 Å². The van der Waals surface area contributed by atoms with E-state index in [9.17, 15) is 14.7 Å². The number of carbonyl (C=O) groups is 2. The van der Waals surface area contributed by atoms with Crippen LogP contribution in [0.15, 0.2) is 23.0 Å². The molecule has 2 N–H and O–H groups in total. The molecule has 0 aliphatic carbocycles. The fraction of sp³-hybridized carbons (Fsp3) is 0.333.